The molecular formula is C12H15N3O4S. The standard InChI is InChI=1S/C12H15N3O4S/c13-20(18,19)9-3-7-15-12(17)11-10(5-2-8-16)4-1-6-14-11/h1,4,6,16H,3,7-9H2,(H,15,17)(H2,13,18,19). The minimum Gasteiger partial charge on any atom is -0.384 e. The molecule has 1 aromatic rings. The van der Waals surface area contributed by atoms with E-state index in [4.69, 9.17) is 10.2 Å². The van der Waals surface area contributed by atoms with Gasteiger partial charge in [-0.2, -0.15) is 0 Å². The lowest BCUT2D eigenvalue weighted by molar-refractivity contribution is 0.0948. The van der Waals surface area contributed by atoms with Gasteiger partial charge < -0.3 is 10.4 Å². The Morgan fingerprint density at radius 2 is 2.25 bits per heavy atom. The molecule has 0 saturated heterocycles. The Morgan fingerprint density at radius 1 is 1.50 bits per heavy atom. The predicted octanol–water partition coefficient (Wildman–Crippen LogP) is -1.17. The summed E-state index contributed by atoms with van der Waals surface area (Å²) in [6.07, 6.45) is 1.67. The van der Waals surface area contributed by atoms with Gasteiger partial charge in [0.25, 0.3) is 5.91 Å². The van der Waals surface area contributed by atoms with Crippen molar-refractivity contribution in [2.24, 2.45) is 5.14 Å². The second kappa shape index (κ2) is 7.59. The predicted molar refractivity (Wildman–Crippen MR) is 73.1 cm³/mol. The molecule has 0 saturated carbocycles. The second-order valence-electron chi connectivity index (χ2n) is 3.84. The first-order valence-corrected chi connectivity index (χ1v) is 7.49. The van der Waals surface area contributed by atoms with Crippen molar-refractivity contribution in [2.75, 3.05) is 18.9 Å². The average Bonchev–Trinajstić information content (AvgIpc) is 2.40. The number of hydrogen-bond acceptors (Lipinski definition) is 5. The number of aromatic nitrogens is 1. The minimum atomic E-state index is -3.52. The molecule has 7 nitrogen and oxygen atoms in total. The van der Waals surface area contributed by atoms with Crippen LogP contribution in [0.5, 0.6) is 0 Å². The number of hydrogen-bond donors (Lipinski definition) is 3. The number of sulfonamides is 1. The zero-order chi connectivity index (χ0) is 15.0. The van der Waals surface area contributed by atoms with Gasteiger partial charge in [0, 0.05) is 12.7 Å². The van der Waals surface area contributed by atoms with E-state index in [0.717, 1.165) is 0 Å². The maximum absolute atomic E-state index is 11.9. The highest BCUT2D eigenvalue weighted by Gasteiger charge is 2.11. The van der Waals surface area contributed by atoms with E-state index in [1.165, 1.54) is 6.20 Å². The lowest BCUT2D eigenvalue weighted by Crippen LogP contribution is -2.28. The number of nitrogens with zero attached hydrogens (tertiary/aromatic N) is 1. The largest absolute Gasteiger partial charge is 0.384 e. The number of aliphatic hydroxyl groups excluding tert-OH is 1. The number of rotatable bonds is 5. The summed E-state index contributed by atoms with van der Waals surface area (Å²) in [6.45, 7) is -0.150. The van der Waals surface area contributed by atoms with Crippen molar-refractivity contribution in [3.05, 3.63) is 29.6 Å². The van der Waals surface area contributed by atoms with Gasteiger partial charge in [-0.3, -0.25) is 4.79 Å². The van der Waals surface area contributed by atoms with Crippen LogP contribution >= 0.6 is 0 Å². The number of aliphatic hydroxyl groups is 1. The molecule has 0 fully saturated rings. The van der Waals surface area contributed by atoms with Crippen LogP contribution in [0.15, 0.2) is 18.3 Å². The average molecular weight is 297 g/mol. The van der Waals surface area contributed by atoms with Gasteiger partial charge in [-0.25, -0.2) is 18.5 Å². The summed E-state index contributed by atoms with van der Waals surface area (Å²) >= 11 is 0. The zero-order valence-corrected chi connectivity index (χ0v) is 11.5. The fourth-order valence-electron chi connectivity index (χ4n) is 1.38. The number of nitrogens with two attached hydrogens (primary N) is 1. The van der Waals surface area contributed by atoms with Gasteiger partial charge in [0.2, 0.25) is 10.0 Å². The van der Waals surface area contributed by atoms with E-state index < -0.39 is 15.9 Å². The fourth-order valence-corrected chi connectivity index (χ4v) is 1.93. The van der Waals surface area contributed by atoms with E-state index in [9.17, 15) is 13.2 Å². The number of carbonyl (C=O) groups excluding carboxylic acids is 1. The number of amides is 1. The Balaban J connectivity index is 2.64. The fraction of sp³-hybridized carbons (Fsp3) is 0.333. The smallest absolute Gasteiger partial charge is 0.271 e. The van der Waals surface area contributed by atoms with Gasteiger partial charge in [0.15, 0.2) is 0 Å². The number of primary sulfonamides is 1. The maximum atomic E-state index is 11.9. The summed E-state index contributed by atoms with van der Waals surface area (Å²) in [6, 6.07) is 3.23. The highest BCUT2D eigenvalue weighted by Crippen LogP contribution is 2.03. The third-order valence-corrected chi connectivity index (χ3v) is 3.07. The lowest BCUT2D eigenvalue weighted by atomic mass is 10.2. The summed E-state index contributed by atoms with van der Waals surface area (Å²) in [5, 5.41) is 16.0. The molecule has 0 aliphatic carbocycles. The van der Waals surface area contributed by atoms with Crippen molar-refractivity contribution in [3.8, 4) is 11.8 Å². The van der Waals surface area contributed by atoms with Crippen LogP contribution in [0.2, 0.25) is 0 Å². The Hall–Kier alpha value is -1.95. The highest BCUT2D eigenvalue weighted by atomic mass is 32.2. The number of pyridine rings is 1. The van der Waals surface area contributed by atoms with Crippen LogP contribution in [0.4, 0.5) is 0 Å². The molecule has 4 N–H and O–H groups in total. The van der Waals surface area contributed by atoms with E-state index in [0.29, 0.717) is 5.56 Å². The van der Waals surface area contributed by atoms with Gasteiger partial charge in [0.1, 0.15) is 12.3 Å². The minimum absolute atomic E-state index is 0.129. The summed E-state index contributed by atoms with van der Waals surface area (Å²) < 4.78 is 21.5. The first kappa shape index (κ1) is 16.1. The number of carbonyl (C=O) groups is 1. The number of nitrogens with one attached hydrogen (secondary N) is 1. The van der Waals surface area contributed by atoms with Gasteiger partial charge >= 0.3 is 0 Å². The SMILES string of the molecule is NS(=O)(=O)CCCNC(=O)c1ncccc1C#CCO. The lowest BCUT2D eigenvalue weighted by Gasteiger charge is -2.05. The van der Waals surface area contributed by atoms with E-state index in [-0.39, 0.29) is 31.0 Å². The molecule has 0 aliphatic rings. The molecule has 8 heteroatoms. The summed E-state index contributed by atoms with van der Waals surface area (Å²) in [5.74, 6) is 4.40. The van der Waals surface area contributed by atoms with E-state index >= 15 is 0 Å². The monoisotopic (exact) mass is 297 g/mol. The van der Waals surface area contributed by atoms with Crippen LogP contribution in [0.1, 0.15) is 22.5 Å². The molecule has 0 spiro atoms. The second-order valence-corrected chi connectivity index (χ2v) is 5.57. The molecule has 0 atom stereocenters. The molecule has 0 aliphatic heterocycles. The third kappa shape index (κ3) is 5.79. The molecule has 108 valence electrons. The van der Waals surface area contributed by atoms with Crippen molar-refractivity contribution in [3.63, 3.8) is 0 Å². The first-order chi connectivity index (χ1) is 9.44. The van der Waals surface area contributed by atoms with Crippen molar-refractivity contribution < 1.29 is 18.3 Å². The van der Waals surface area contributed by atoms with Gasteiger partial charge in [0.05, 0.1) is 11.3 Å². The third-order valence-electron chi connectivity index (χ3n) is 2.22. The van der Waals surface area contributed by atoms with Crippen LogP contribution < -0.4 is 10.5 Å². The Bertz CT molecular complexity index is 632. The molecule has 1 heterocycles. The molecule has 20 heavy (non-hydrogen) atoms. The Morgan fingerprint density at radius 3 is 2.90 bits per heavy atom. The van der Waals surface area contributed by atoms with Crippen molar-refractivity contribution in [1.29, 1.82) is 0 Å². The summed E-state index contributed by atoms with van der Waals surface area (Å²) in [4.78, 5) is 15.8. The van der Waals surface area contributed by atoms with Crippen LogP contribution in [0, 0.1) is 11.8 Å². The van der Waals surface area contributed by atoms with Crippen molar-refractivity contribution >= 4 is 15.9 Å². The molecule has 1 aromatic heterocycles. The van der Waals surface area contributed by atoms with E-state index in [1.54, 1.807) is 12.1 Å². The molecule has 0 unspecified atom stereocenters. The summed E-state index contributed by atoms with van der Waals surface area (Å²) in [7, 11) is -3.52. The Kier molecular flexibility index (Phi) is 6.11. The maximum Gasteiger partial charge on any atom is 0.271 e. The van der Waals surface area contributed by atoms with Crippen LogP contribution in [-0.2, 0) is 10.0 Å². The van der Waals surface area contributed by atoms with E-state index in [2.05, 4.69) is 22.1 Å². The Labute approximate surface area is 117 Å². The van der Waals surface area contributed by atoms with Gasteiger partial charge in [-0.1, -0.05) is 11.8 Å². The zero-order valence-electron chi connectivity index (χ0n) is 10.7. The van der Waals surface area contributed by atoms with E-state index in [1.807, 2.05) is 0 Å². The molecule has 1 rings (SSSR count). The van der Waals surface area contributed by atoms with Gasteiger partial charge in [-0.05, 0) is 18.6 Å². The van der Waals surface area contributed by atoms with Crippen LogP contribution in [0.3, 0.4) is 0 Å². The van der Waals surface area contributed by atoms with Crippen LogP contribution in [0.25, 0.3) is 0 Å². The first-order valence-electron chi connectivity index (χ1n) is 5.77. The topological polar surface area (TPSA) is 122 Å². The van der Waals surface area contributed by atoms with Crippen molar-refractivity contribution in [2.45, 2.75) is 6.42 Å². The van der Waals surface area contributed by atoms with Crippen LogP contribution in [-0.4, -0.2) is 43.3 Å². The molecule has 1 amide bonds. The normalized spacial score (nSPS) is 10.5. The molecule has 0 bridgehead atoms. The van der Waals surface area contributed by atoms with Crippen molar-refractivity contribution in [1.82, 2.24) is 10.3 Å². The molecule has 0 radical (unpaired) electrons. The summed E-state index contributed by atoms with van der Waals surface area (Å²) in [5.41, 5.74) is 0.523. The van der Waals surface area contributed by atoms with Gasteiger partial charge in [-0.15, -0.1) is 0 Å². The molecule has 0 aromatic carbocycles. The quantitative estimate of drug-likeness (QED) is 0.467. The highest BCUT2D eigenvalue weighted by molar-refractivity contribution is 7.89. The molecular weight excluding hydrogens is 282 g/mol.